The van der Waals surface area contributed by atoms with Gasteiger partial charge in [0.15, 0.2) is 0 Å². The fraction of sp³-hybridized carbons (Fsp3) is 0.333. The number of para-hydroxylation sites is 2. The van der Waals surface area contributed by atoms with Gasteiger partial charge in [0.1, 0.15) is 6.04 Å². The molecule has 2 aromatic rings. The highest BCUT2D eigenvalue weighted by atomic mass is 16.2. The summed E-state index contributed by atoms with van der Waals surface area (Å²) in [6.45, 7) is 4.24. The highest BCUT2D eigenvalue weighted by Crippen LogP contribution is 2.30. The third kappa shape index (κ3) is 3.95. The molecule has 1 atom stereocenters. The van der Waals surface area contributed by atoms with E-state index in [-0.39, 0.29) is 24.3 Å². The maximum atomic E-state index is 13.0. The smallest absolute Gasteiger partial charge is 0.262 e. The van der Waals surface area contributed by atoms with Gasteiger partial charge in [-0.3, -0.25) is 29.4 Å². The van der Waals surface area contributed by atoms with Gasteiger partial charge in [-0.15, -0.1) is 0 Å². The van der Waals surface area contributed by atoms with Crippen LogP contribution in [-0.4, -0.2) is 60.7 Å². The predicted molar refractivity (Wildman–Crippen MR) is 122 cm³/mol. The molecule has 0 aromatic heterocycles. The van der Waals surface area contributed by atoms with E-state index in [4.69, 9.17) is 0 Å². The van der Waals surface area contributed by atoms with Gasteiger partial charge in [0, 0.05) is 39.1 Å². The highest BCUT2D eigenvalue weighted by Gasteiger charge is 2.44. The first-order valence-electron chi connectivity index (χ1n) is 11.2. The summed E-state index contributed by atoms with van der Waals surface area (Å²) in [5.41, 5.74) is 3.58. The van der Waals surface area contributed by atoms with Crippen molar-refractivity contribution in [3.05, 3.63) is 59.2 Å². The van der Waals surface area contributed by atoms with Crippen LogP contribution in [0.1, 0.15) is 39.1 Å². The van der Waals surface area contributed by atoms with Crippen LogP contribution in [0.4, 0.5) is 11.4 Å². The second-order valence-electron chi connectivity index (χ2n) is 8.43. The molecular weight excluding hydrogens is 422 g/mol. The Morgan fingerprint density at radius 2 is 1.70 bits per heavy atom. The number of piperidine rings is 1. The second kappa shape index (κ2) is 8.67. The Morgan fingerprint density at radius 1 is 0.939 bits per heavy atom. The molecule has 2 aromatic carbocycles. The predicted octanol–water partition coefficient (Wildman–Crippen LogP) is 1.11. The molecule has 2 saturated heterocycles. The van der Waals surface area contributed by atoms with E-state index in [0.29, 0.717) is 12.1 Å². The number of imide groups is 2. The monoisotopic (exact) mass is 447 g/mol. The lowest BCUT2D eigenvalue weighted by molar-refractivity contribution is -0.136. The molecule has 0 saturated carbocycles. The first-order valence-corrected chi connectivity index (χ1v) is 11.2. The molecule has 3 aliphatic heterocycles. The van der Waals surface area contributed by atoms with Crippen molar-refractivity contribution in [2.75, 3.05) is 36.4 Å². The summed E-state index contributed by atoms with van der Waals surface area (Å²) in [5, 5.41) is 9.03. The number of carbonyl (C=O) groups excluding carboxylic acids is 4. The molecule has 170 valence electrons. The van der Waals surface area contributed by atoms with Crippen molar-refractivity contribution in [1.82, 2.24) is 15.5 Å². The molecule has 2 fully saturated rings. The number of carbonyl (C=O) groups is 4. The molecule has 4 amide bonds. The molecular formula is C24H25N5O4. The van der Waals surface area contributed by atoms with Gasteiger partial charge >= 0.3 is 0 Å². The van der Waals surface area contributed by atoms with Gasteiger partial charge in [-0.05, 0) is 36.2 Å². The normalized spacial score (nSPS) is 20.7. The Morgan fingerprint density at radius 3 is 2.48 bits per heavy atom. The standard InChI is InChI=1S/C24H25N5O4/c30-21-8-7-20(22(31)27-21)29-23(32)16-6-5-15(13-17(16)24(29)33)14-26-18-3-1-2-4-19(18)28-11-9-25-10-12-28/h1-6,13,20,25-26H,7-12,14H2,(H,27,30,31). The van der Waals surface area contributed by atoms with Crippen molar-refractivity contribution >= 4 is 35.0 Å². The maximum absolute atomic E-state index is 13.0. The molecule has 9 heteroatoms. The zero-order chi connectivity index (χ0) is 22.9. The number of fused-ring (bicyclic) bond motifs is 1. The second-order valence-corrected chi connectivity index (χ2v) is 8.43. The Kier molecular flexibility index (Phi) is 5.55. The number of hydrogen-bond donors (Lipinski definition) is 3. The van der Waals surface area contributed by atoms with E-state index in [9.17, 15) is 19.2 Å². The summed E-state index contributed by atoms with van der Waals surface area (Å²) in [6.07, 6.45) is 0.249. The zero-order valence-electron chi connectivity index (χ0n) is 18.1. The molecule has 3 aliphatic rings. The number of nitrogens with zero attached hydrogens (tertiary/aromatic N) is 2. The molecule has 9 nitrogen and oxygen atoms in total. The average molecular weight is 447 g/mol. The van der Waals surface area contributed by atoms with Gasteiger partial charge in [0.05, 0.1) is 22.5 Å². The number of hydrogen-bond acceptors (Lipinski definition) is 7. The van der Waals surface area contributed by atoms with Crippen molar-refractivity contribution < 1.29 is 19.2 Å². The van der Waals surface area contributed by atoms with Gasteiger partial charge < -0.3 is 15.5 Å². The number of nitrogens with one attached hydrogen (secondary N) is 3. The largest absolute Gasteiger partial charge is 0.379 e. The minimum atomic E-state index is -0.956. The minimum Gasteiger partial charge on any atom is -0.379 e. The van der Waals surface area contributed by atoms with Crippen molar-refractivity contribution in [2.24, 2.45) is 0 Å². The molecule has 0 bridgehead atoms. The van der Waals surface area contributed by atoms with Gasteiger partial charge in [-0.1, -0.05) is 18.2 Å². The number of piperazine rings is 1. The molecule has 1 unspecified atom stereocenters. The van der Waals surface area contributed by atoms with Crippen molar-refractivity contribution in [3.8, 4) is 0 Å². The Balaban J connectivity index is 1.33. The van der Waals surface area contributed by atoms with Crippen LogP contribution in [0.5, 0.6) is 0 Å². The Labute approximate surface area is 191 Å². The first-order chi connectivity index (χ1) is 16.0. The first kappa shape index (κ1) is 21.1. The van der Waals surface area contributed by atoms with Gasteiger partial charge in [-0.25, -0.2) is 0 Å². The lowest BCUT2D eigenvalue weighted by atomic mass is 10.0. The third-order valence-electron chi connectivity index (χ3n) is 6.35. The zero-order valence-corrected chi connectivity index (χ0v) is 18.1. The van der Waals surface area contributed by atoms with Crippen LogP contribution in [-0.2, 0) is 16.1 Å². The van der Waals surface area contributed by atoms with Crippen LogP contribution < -0.4 is 20.9 Å². The number of benzene rings is 2. The van der Waals surface area contributed by atoms with E-state index >= 15 is 0 Å². The summed E-state index contributed by atoms with van der Waals surface area (Å²) in [4.78, 5) is 52.9. The fourth-order valence-electron chi connectivity index (χ4n) is 4.63. The maximum Gasteiger partial charge on any atom is 0.262 e. The van der Waals surface area contributed by atoms with Crippen molar-refractivity contribution in [1.29, 1.82) is 0 Å². The third-order valence-corrected chi connectivity index (χ3v) is 6.35. The average Bonchev–Trinajstić information content (AvgIpc) is 3.08. The van der Waals surface area contributed by atoms with E-state index in [2.05, 4.69) is 26.9 Å². The van der Waals surface area contributed by atoms with Crippen LogP contribution >= 0.6 is 0 Å². The van der Waals surface area contributed by atoms with Crippen LogP contribution in [0.3, 0.4) is 0 Å². The Hall–Kier alpha value is -3.72. The lowest BCUT2D eigenvalue weighted by Crippen LogP contribution is -2.54. The van der Waals surface area contributed by atoms with Crippen molar-refractivity contribution in [2.45, 2.75) is 25.4 Å². The number of anilines is 2. The molecule has 0 radical (unpaired) electrons. The number of rotatable bonds is 5. The van der Waals surface area contributed by atoms with E-state index in [1.54, 1.807) is 12.1 Å². The van der Waals surface area contributed by atoms with Crippen LogP contribution in [0.15, 0.2) is 42.5 Å². The SMILES string of the molecule is O=C1CCC(N2C(=O)c3ccc(CNc4ccccc4N4CCNCC4)cc3C2=O)C(=O)N1. The Bertz CT molecular complexity index is 1140. The van der Waals surface area contributed by atoms with Gasteiger partial charge in [0.2, 0.25) is 11.8 Å². The summed E-state index contributed by atoms with van der Waals surface area (Å²) < 4.78 is 0. The summed E-state index contributed by atoms with van der Waals surface area (Å²) in [6, 6.07) is 12.3. The molecule has 3 N–H and O–H groups in total. The van der Waals surface area contributed by atoms with Crippen LogP contribution in [0, 0.1) is 0 Å². The lowest BCUT2D eigenvalue weighted by Gasteiger charge is -2.31. The summed E-state index contributed by atoms with van der Waals surface area (Å²) >= 11 is 0. The van der Waals surface area contributed by atoms with E-state index in [1.807, 2.05) is 24.3 Å². The van der Waals surface area contributed by atoms with E-state index in [1.165, 1.54) is 0 Å². The molecule has 5 rings (SSSR count). The van der Waals surface area contributed by atoms with E-state index < -0.39 is 23.8 Å². The molecule has 0 aliphatic carbocycles. The highest BCUT2D eigenvalue weighted by molar-refractivity contribution is 6.23. The van der Waals surface area contributed by atoms with Gasteiger partial charge in [-0.2, -0.15) is 0 Å². The van der Waals surface area contributed by atoms with Crippen LogP contribution in [0.2, 0.25) is 0 Å². The molecule has 0 spiro atoms. The van der Waals surface area contributed by atoms with Crippen LogP contribution in [0.25, 0.3) is 0 Å². The molecule has 33 heavy (non-hydrogen) atoms. The van der Waals surface area contributed by atoms with Gasteiger partial charge in [0.25, 0.3) is 11.8 Å². The topological polar surface area (TPSA) is 111 Å². The van der Waals surface area contributed by atoms with E-state index in [0.717, 1.165) is 48.0 Å². The summed E-state index contributed by atoms with van der Waals surface area (Å²) in [5.74, 6) is -1.98. The number of amides is 4. The minimum absolute atomic E-state index is 0.103. The fourth-order valence-corrected chi connectivity index (χ4v) is 4.63. The molecule has 3 heterocycles. The quantitative estimate of drug-likeness (QED) is 0.589. The van der Waals surface area contributed by atoms with Crippen molar-refractivity contribution in [3.63, 3.8) is 0 Å². The summed E-state index contributed by atoms with van der Waals surface area (Å²) in [7, 11) is 0.